The Balaban J connectivity index is 1.31. The molecule has 5 rings (SSSR count). The van der Waals surface area contributed by atoms with E-state index in [0.29, 0.717) is 23.5 Å². The van der Waals surface area contributed by atoms with Crippen molar-refractivity contribution < 1.29 is 18.0 Å². The molecule has 0 spiro atoms. The van der Waals surface area contributed by atoms with E-state index in [2.05, 4.69) is 30.9 Å². The molecule has 34 heavy (non-hydrogen) atoms. The number of amides is 1. The van der Waals surface area contributed by atoms with Crippen LogP contribution in [0.5, 0.6) is 0 Å². The van der Waals surface area contributed by atoms with E-state index in [9.17, 15) is 18.0 Å². The number of fused-ring (bicyclic) bond motifs is 1. The lowest BCUT2D eigenvalue weighted by molar-refractivity contribution is 0.0921. The van der Waals surface area contributed by atoms with Crippen LogP contribution in [0.3, 0.4) is 0 Å². The van der Waals surface area contributed by atoms with Crippen LogP contribution in [-0.2, 0) is 7.05 Å². The molecule has 3 aromatic heterocycles. The predicted octanol–water partition coefficient (Wildman–Crippen LogP) is 3.34. The summed E-state index contributed by atoms with van der Waals surface area (Å²) < 4.78 is 44.8. The minimum atomic E-state index is -0.801. The first-order chi connectivity index (χ1) is 16.4. The van der Waals surface area contributed by atoms with Crippen molar-refractivity contribution in [2.75, 3.05) is 17.2 Å². The zero-order chi connectivity index (χ0) is 23.8. The van der Waals surface area contributed by atoms with Gasteiger partial charge in [-0.05, 0) is 31.7 Å². The molecule has 2 aliphatic rings. The number of imidazole rings is 1. The summed E-state index contributed by atoms with van der Waals surface area (Å²) in [6.45, 7) is 0.284. The van der Waals surface area contributed by atoms with Gasteiger partial charge >= 0.3 is 0 Å². The Kier molecular flexibility index (Phi) is 5.84. The van der Waals surface area contributed by atoms with Crippen LogP contribution in [-0.4, -0.2) is 44.1 Å². The summed E-state index contributed by atoms with van der Waals surface area (Å²) >= 11 is 0. The van der Waals surface area contributed by atoms with Crippen molar-refractivity contribution in [3.8, 4) is 0 Å². The molecule has 8 nitrogen and oxygen atoms in total. The fourth-order valence-corrected chi connectivity index (χ4v) is 4.68. The van der Waals surface area contributed by atoms with Gasteiger partial charge in [0.25, 0.3) is 5.91 Å². The molecule has 1 fully saturated rings. The summed E-state index contributed by atoms with van der Waals surface area (Å²) in [6.07, 6.45) is 7.23. The second-order valence-electron chi connectivity index (χ2n) is 8.81. The maximum Gasteiger partial charge on any atom is 0.271 e. The van der Waals surface area contributed by atoms with E-state index >= 15 is 0 Å². The maximum absolute atomic E-state index is 14.7. The molecule has 3 N–H and O–H groups in total. The third-order valence-corrected chi connectivity index (χ3v) is 6.31. The van der Waals surface area contributed by atoms with Crippen molar-refractivity contribution in [2.45, 2.75) is 43.7 Å². The Morgan fingerprint density at radius 2 is 1.97 bits per heavy atom. The van der Waals surface area contributed by atoms with Crippen LogP contribution in [0.15, 0.2) is 30.9 Å². The summed E-state index contributed by atoms with van der Waals surface area (Å²) in [6, 6.07) is 1.83. The molecule has 1 aliphatic heterocycles. The molecule has 1 aliphatic carbocycles. The number of anilines is 2. The molecule has 3 atom stereocenters. The molecule has 178 valence electrons. The molecule has 3 unspecified atom stereocenters. The Morgan fingerprint density at radius 1 is 1.15 bits per heavy atom. The predicted molar refractivity (Wildman–Crippen MR) is 119 cm³/mol. The first-order valence-corrected chi connectivity index (χ1v) is 11.2. The summed E-state index contributed by atoms with van der Waals surface area (Å²) in [4.78, 5) is 24.8. The van der Waals surface area contributed by atoms with E-state index in [1.807, 2.05) is 0 Å². The number of halogens is 3. The van der Waals surface area contributed by atoms with Gasteiger partial charge in [-0.1, -0.05) is 0 Å². The van der Waals surface area contributed by atoms with Crippen LogP contribution in [0.25, 0.3) is 0 Å². The van der Waals surface area contributed by atoms with Crippen molar-refractivity contribution in [1.29, 1.82) is 0 Å². The fourth-order valence-electron chi connectivity index (χ4n) is 4.68. The van der Waals surface area contributed by atoms with E-state index in [1.165, 1.54) is 6.07 Å². The summed E-state index contributed by atoms with van der Waals surface area (Å²) in [5, 5.41) is 9.08. The number of pyridine rings is 2. The highest BCUT2D eigenvalue weighted by Gasteiger charge is 2.31. The molecular formula is C23H24F3N7O. The van der Waals surface area contributed by atoms with Gasteiger partial charge in [0.15, 0.2) is 11.6 Å². The largest absolute Gasteiger partial charge is 0.369 e. The van der Waals surface area contributed by atoms with Crippen molar-refractivity contribution in [3.63, 3.8) is 0 Å². The van der Waals surface area contributed by atoms with Gasteiger partial charge in [-0.15, -0.1) is 0 Å². The van der Waals surface area contributed by atoms with Crippen molar-refractivity contribution >= 4 is 17.5 Å². The molecule has 0 saturated heterocycles. The van der Waals surface area contributed by atoms with Crippen LogP contribution in [0.1, 0.15) is 53.3 Å². The Bertz CT molecular complexity index is 1230. The second kappa shape index (κ2) is 8.96. The smallest absolute Gasteiger partial charge is 0.271 e. The number of carbonyl (C=O) groups is 1. The number of aromatic nitrogens is 4. The van der Waals surface area contributed by atoms with E-state index in [4.69, 9.17) is 0 Å². The number of hydrogen-bond donors (Lipinski definition) is 3. The molecule has 4 heterocycles. The highest BCUT2D eigenvalue weighted by molar-refractivity contribution is 5.92. The fraction of sp³-hybridized carbons (Fsp3) is 0.391. The van der Waals surface area contributed by atoms with E-state index in [1.54, 1.807) is 24.1 Å². The molecule has 0 aromatic carbocycles. The lowest BCUT2D eigenvalue weighted by atomic mass is 9.90. The monoisotopic (exact) mass is 471 g/mol. The zero-order valence-electron chi connectivity index (χ0n) is 18.5. The minimum Gasteiger partial charge on any atom is -0.369 e. The number of aryl methyl sites for hydroxylation is 1. The van der Waals surface area contributed by atoms with Crippen LogP contribution in [0.2, 0.25) is 0 Å². The second-order valence-corrected chi connectivity index (χ2v) is 8.81. The van der Waals surface area contributed by atoms with Crippen LogP contribution >= 0.6 is 0 Å². The van der Waals surface area contributed by atoms with Crippen molar-refractivity contribution in [1.82, 2.24) is 24.8 Å². The summed E-state index contributed by atoms with van der Waals surface area (Å²) in [5.74, 6) is -2.57. The number of hydrogen-bond acceptors (Lipinski definition) is 6. The first-order valence-electron chi connectivity index (χ1n) is 11.2. The van der Waals surface area contributed by atoms with Crippen molar-refractivity contribution in [2.24, 2.45) is 7.05 Å². The van der Waals surface area contributed by atoms with E-state index in [0.717, 1.165) is 31.5 Å². The van der Waals surface area contributed by atoms with E-state index < -0.39 is 23.4 Å². The third-order valence-electron chi connectivity index (χ3n) is 6.31. The van der Waals surface area contributed by atoms with Gasteiger partial charge < -0.3 is 20.5 Å². The first kappa shape index (κ1) is 22.2. The van der Waals surface area contributed by atoms with Gasteiger partial charge in [-0.25, -0.2) is 28.1 Å². The maximum atomic E-state index is 14.7. The minimum absolute atomic E-state index is 0.0263. The Morgan fingerprint density at radius 3 is 2.76 bits per heavy atom. The number of nitrogens with zero attached hydrogens (tertiary/aromatic N) is 4. The van der Waals surface area contributed by atoms with Crippen LogP contribution < -0.4 is 16.0 Å². The molecular weight excluding hydrogens is 447 g/mol. The summed E-state index contributed by atoms with van der Waals surface area (Å²) in [5.41, 5.74) is 0.849. The van der Waals surface area contributed by atoms with Gasteiger partial charge in [0.05, 0.1) is 24.1 Å². The molecule has 1 saturated carbocycles. The van der Waals surface area contributed by atoms with Gasteiger partial charge in [0, 0.05) is 43.5 Å². The quantitative estimate of drug-likeness (QED) is 0.528. The summed E-state index contributed by atoms with van der Waals surface area (Å²) in [7, 11) is 1.79. The van der Waals surface area contributed by atoms with Crippen molar-refractivity contribution in [3.05, 3.63) is 65.3 Å². The molecule has 0 bridgehead atoms. The van der Waals surface area contributed by atoms with Gasteiger partial charge in [0.2, 0.25) is 0 Å². The lowest BCUT2D eigenvalue weighted by Crippen LogP contribution is -2.42. The number of carbonyl (C=O) groups excluding carboxylic acids is 1. The van der Waals surface area contributed by atoms with Gasteiger partial charge in [0.1, 0.15) is 23.1 Å². The SMILES string of the molecule is Cn1cnc(C(=O)NC2CCCC(Nc3nc(C4CNc5ncc(F)cc54)c(F)cc3F)C2)c1. The molecule has 1 amide bonds. The molecule has 11 heteroatoms. The topological polar surface area (TPSA) is 96.8 Å². The highest BCUT2D eigenvalue weighted by atomic mass is 19.1. The average molecular weight is 471 g/mol. The number of nitrogens with one attached hydrogen (secondary N) is 3. The van der Waals surface area contributed by atoms with Gasteiger partial charge in [-0.3, -0.25) is 4.79 Å². The molecule has 0 radical (unpaired) electrons. The normalized spacial score (nSPS) is 21.6. The average Bonchev–Trinajstić information content (AvgIpc) is 3.42. The van der Waals surface area contributed by atoms with Gasteiger partial charge in [-0.2, -0.15) is 0 Å². The van der Waals surface area contributed by atoms with E-state index in [-0.39, 0.29) is 36.0 Å². The zero-order valence-corrected chi connectivity index (χ0v) is 18.5. The molecule has 3 aromatic rings. The Labute approximate surface area is 194 Å². The highest BCUT2D eigenvalue weighted by Crippen LogP contribution is 2.36. The number of rotatable bonds is 5. The Hall–Kier alpha value is -3.63. The lowest BCUT2D eigenvalue weighted by Gasteiger charge is -2.30. The van der Waals surface area contributed by atoms with Crippen LogP contribution in [0, 0.1) is 17.5 Å². The standard InChI is InChI=1S/C23H24F3N7O/c1-33-10-19(29-11-33)23(34)31-14-4-2-3-13(6-14)30-22-18(26)7-17(25)20(32-22)16-9-28-21-15(16)5-12(24)8-27-21/h5,7-8,10-11,13-14,16H,2-4,6,9H2,1H3,(H,27,28)(H,30,32)(H,31,34). The third kappa shape index (κ3) is 4.42. The van der Waals surface area contributed by atoms with Crippen LogP contribution in [0.4, 0.5) is 24.8 Å².